The zero-order chi connectivity index (χ0) is 22.5. The van der Waals surface area contributed by atoms with Gasteiger partial charge >= 0.3 is 0 Å². The van der Waals surface area contributed by atoms with Crippen LogP contribution in [0.15, 0.2) is 47.4 Å². The van der Waals surface area contributed by atoms with Crippen LogP contribution in [0.5, 0.6) is 0 Å². The lowest BCUT2D eigenvalue weighted by Gasteiger charge is -2.35. The number of para-hydroxylation sites is 2. The number of nitrogens with zero attached hydrogens (tertiary/aromatic N) is 3. The molecular formula is C24H30N4O3S. The van der Waals surface area contributed by atoms with Gasteiger partial charge in [-0.05, 0) is 69.1 Å². The molecule has 32 heavy (non-hydrogen) atoms. The standard InChI is InChI=1S/C24H30N4O3S/c1-17-15-19-16-20(9-10-22(19)28(17)24(29)18-7-8-18)32(30,31)25-21-5-3-4-6-23(21)27-13-11-26(2)12-14-27/h3-6,9-10,16-18,25H,7-8,11-15H2,1-2H3/t17-/m1/s1. The number of piperazine rings is 1. The number of rotatable bonds is 5. The van der Waals surface area contributed by atoms with E-state index in [9.17, 15) is 13.2 Å². The van der Waals surface area contributed by atoms with Crippen LogP contribution < -0.4 is 14.5 Å². The first kappa shape index (κ1) is 21.3. The summed E-state index contributed by atoms with van der Waals surface area (Å²) < 4.78 is 29.4. The lowest BCUT2D eigenvalue weighted by atomic mass is 10.1. The molecule has 1 N–H and O–H groups in total. The summed E-state index contributed by atoms with van der Waals surface area (Å²) in [7, 11) is -1.66. The largest absolute Gasteiger partial charge is 0.367 e. The van der Waals surface area contributed by atoms with E-state index in [-0.39, 0.29) is 22.8 Å². The molecule has 3 aliphatic rings. The molecule has 8 heteroatoms. The van der Waals surface area contributed by atoms with Crippen LogP contribution in [0.2, 0.25) is 0 Å². The molecule has 0 spiro atoms. The van der Waals surface area contributed by atoms with Gasteiger partial charge in [-0.3, -0.25) is 9.52 Å². The fourth-order valence-electron chi connectivity index (χ4n) is 4.72. The van der Waals surface area contributed by atoms with Gasteiger partial charge in [0.2, 0.25) is 5.91 Å². The van der Waals surface area contributed by atoms with Crippen LogP contribution in [0.3, 0.4) is 0 Å². The predicted molar refractivity (Wildman–Crippen MR) is 127 cm³/mol. The molecule has 1 amide bonds. The van der Waals surface area contributed by atoms with Gasteiger partial charge in [-0.1, -0.05) is 12.1 Å². The number of hydrogen-bond acceptors (Lipinski definition) is 5. The number of carbonyl (C=O) groups excluding carboxylic acids is 1. The fraction of sp³-hybridized carbons (Fsp3) is 0.458. The van der Waals surface area contributed by atoms with Crippen molar-refractivity contribution in [1.82, 2.24) is 4.90 Å². The molecule has 1 atom stereocenters. The van der Waals surface area contributed by atoms with Crippen LogP contribution in [0, 0.1) is 5.92 Å². The summed E-state index contributed by atoms with van der Waals surface area (Å²) in [6.07, 6.45) is 2.59. The van der Waals surface area contributed by atoms with Crippen LogP contribution in [0.25, 0.3) is 0 Å². The Morgan fingerprint density at radius 3 is 2.44 bits per heavy atom. The summed E-state index contributed by atoms with van der Waals surface area (Å²) in [6.45, 7) is 5.63. The van der Waals surface area contributed by atoms with Gasteiger partial charge in [0, 0.05) is 43.8 Å². The van der Waals surface area contributed by atoms with Crippen molar-refractivity contribution in [2.75, 3.05) is 47.7 Å². The van der Waals surface area contributed by atoms with Crippen molar-refractivity contribution in [3.63, 3.8) is 0 Å². The highest BCUT2D eigenvalue weighted by molar-refractivity contribution is 7.92. The Kier molecular flexibility index (Phi) is 5.37. The first-order chi connectivity index (χ1) is 15.3. The van der Waals surface area contributed by atoms with Gasteiger partial charge in [-0.15, -0.1) is 0 Å². The monoisotopic (exact) mass is 454 g/mol. The van der Waals surface area contributed by atoms with Crippen molar-refractivity contribution >= 4 is 33.0 Å². The lowest BCUT2D eigenvalue weighted by Crippen LogP contribution is -2.44. The molecule has 2 aromatic carbocycles. The number of nitrogens with one attached hydrogen (secondary N) is 1. The lowest BCUT2D eigenvalue weighted by molar-refractivity contribution is -0.120. The van der Waals surface area contributed by atoms with E-state index >= 15 is 0 Å². The van der Waals surface area contributed by atoms with E-state index in [1.807, 2.05) is 36.1 Å². The molecular weight excluding hydrogens is 424 g/mol. The fourth-order valence-corrected chi connectivity index (χ4v) is 5.85. The van der Waals surface area contributed by atoms with Gasteiger partial charge in [-0.2, -0.15) is 0 Å². The first-order valence-electron chi connectivity index (χ1n) is 11.3. The number of sulfonamides is 1. The molecule has 170 valence electrons. The number of amides is 1. The normalized spacial score (nSPS) is 21.5. The van der Waals surface area contributed by atoms with E-state index in [1.54, 1.807) is 18.2 Å². The minimum Gasteiger partial charge on any atom is -0.367 e. The summed E-state index contributed by atoms with van der Waals surface area (Å²) in [4.78, 5) is 19.3. The van der Waals surface area contributed by atoms with E-state index in [4.69, 9.17) is 0 Å². The molecule has 0 bridgehead atoms. The van der Waals surface area contributed by atoms with E-state index in [0.29, 0.717) is 12.1 Å². The number of carbonyl (C=O) groups is 1. The summed E-state index contributed by atoms with van der Waals surface area (Å²) in [5.74, 6) is 0.311. The zero-order valence-corrected chi connectivity index (χ0v) is 19.4. The van der Waals surface area contributed by atoms with Crippen LogP contribution >= 0.6 is 0 Å². The number of likely N-dealkylation sites (N-methyl/N-ethyl adjacent to an activating group) is 1. The zero-order valence-electron chi connectivity index (χ0n) is 18.6. The van der Waals surface area contributed by atoms with Crippen molar-refractivity contribution in [2.45, 2.75) is 37.1 Å². The van der Waals surface area contributed by atoms with E-state index in [0.717, 1.165) is 56.0 Å². The van der Waals surface area contributed by atoms with Crippen molar-refractivity contribution in [3.8, 4) is 0 Å². The second-order valence-corrected chi connectivity index (χ2v) is 10.9. The van der Waals surface area contributed by atoms with Crippen LogP contribution in [-0.2, 0) is 21.2 Å². The van der Waals surface area contributed by atoms with Crippen molar-refractivity contribution in [2.24, 2.45) is 5.92 Å². The Bertz CT molecular complexity index is 1140. The highest BCUT2D eigenvalue weighted by atomic mass is 32.2. The Morgan fingerprint density at radius 1 is 1.00 bits per heavy atom. The van der Waals surface area contributed by atoms with Gasteiger partial charge in [0.1, 0.15) is 0 Å². The summed E-state index contributed by atoms with van der Waals surface area (Å²) in [6, 6.07) is 12.8. The van der Waals surface area contributed by atoms with Crippen LogP contribution in [0.4, 0.5) is 17.1 Å². The smallest absolute Gasteiger partial charge is 0.261 e. The summed E-state index contributed by atoms with van der Waals surface area (Å²) >= 11 is 0. The van der Waals surface area contributed by atoms with E-state index < -0.39 is 10.0 Å². The molecule has 0 unspecified atom stereocenters. The third-order valence-electron chi connectivity index (χ3n) is 6.73. The summed E-state index contributed by atoms with van der Waals surface area (Å²) in [5.41, 5.74) is 3.27. The maximum atomic E-state index is 13.3. The molecule has 1 aliphatic carbocycles. The Balaban J connectivity index is 1.40. The quantitative estimate of drug-likeness (QED) is 0.752. The Hall–Kier alpha value is -2.58. The van der Waals surface area contributed by atoms with Crippen molar-refractivity contribution in [1.29, 1.82) is 0 Å². The highest BCUT2D eigenvalue weighted by Gasteiger charge is 2.39. The van der Waals surface area contributed by atoms with E-state index in [1.165, 1.54) is 0 Å². The molecule has 2 aliphatic heterocycles. The number of hydrogen-bond donors (Lipinski definition) is 1. The number of anilines is 3. The average Bonchev–Trinajstić information content (AvgIpc) is 3.56. The molecule has 2 aromatic rings. The maximum Gasteiger partial charge on any atom is 0.261 e. The molecule has 1 saturated heterocycles. The topological polar surface area (TPSA) is 73.0 Å². The van der Waals surface area contributed by atoms with Crippen LogP contribution in [-0.4, -0.2) is 58.5 Å². The SMILES string of the molecule is C[C@@H]1Cc2cc(S(=O)(=O)Nc3ccccc3N3CCN(C)CC3)ccc2N1C(=O)C1CC1. The summed E-state index contributed by atoms with van der Waals surface area (Å²) in [5, 5.41) is 0. The van der Waals surface area contributed by atoms with Crippen LogP contribution in [0.1, 0.15) is 25.3 Å². The Morgan fingerprint density at radius 2 is 1.72 bits per heavy atom. The molecule has 2 heterocycles. The van der Waals surface area contributed by atoms with Gasteiger partial charge in [0.15, 0.2) is 0 Å². The molecule has 1 saturated carbocycles. The number of benzene rings is 2. The minimum atomic E-state index is -3.76. The second kappa shape index (κ2) is 8.08. The third-order valence-corrected chi connectivity index (χ3v) is 8.10. The Labute approximate surface area is 190 Å². The number of fused-ring (bicyclic) bond motifs is 1. The second-order valence-electron chi connectivity index (χ2n) is 9.24. The van der Waals surface area contributed by atoms with E-state index in [2.05, 4.69) is 21.6 Å². The highest BCUT2D eigenvalue weighted by Crippen LogP contribution is 2.40. The van der Waals surface area contributed by atoms with Gasteiger partial charge in [-0.25, -0.2) is 8.42 Å². The van der Waals surface area contributed by atoms with Gasteiger partial charge in [0.05, 0.1) is 16.3 Å². The molecule has 0 aromatic heterocycles. The molecule has 5 rings (SSSR count). The molecule has 7 nitrogen and oxygen atoms in total. The average molecular weight is 455 g/mol. The molecule has 0 radical (unpaired) electrons. The third kappa shape index (κ3) is 3.97. The maximum absolute atomic E-state index is 13.3. The first-order valence-corrected chi connectivity index (χ1v) is 12.8. The van der Waals surface area contributed by atoms with Crippen molar-refractivity contribution < 1.29 is 13.2 Å². The van der Waals surface area contributed by atoms with Gasteiger partial charge in [0.25, 0.3) is 10.0 Å². The van der Waals surface area contributed by atoms with Crippen molar-refractivity contribution in [3.05, 3.63) is 48.0 Å². The molecule has 2 fully saturated rings. The predicted octanol–water partition coefficient (Wildman–Crippen LogP) is 2.93. The minimum absolute atomic E-state index is 0.0574. The van der Waals surface area contributed by atoms with Gasteiger partial charge < -0.3 is 14.7 Å².